The van der Waals surface area contributed by atoms with E-state index in [-0.39, 0.29) is 0 Å². The molecule has 0 bridgehead atoms. The lowest BCUT2D eigenvalue weighted by Crippen LogP contribution is -2.08. The van der Waals surface area contributed by atoms with Crippen molar-refractivity contribution >= 4 is 16.9 Å². The van der Waals surface area contributed by atoms with Gasteiger partial charge in [-0.2, -0.15) is 5.10 Å². The van der Waals surface area contributed by atoms with E-state index in [0.29, 0.717) is 12.4 Å². The second kappa shape index (κ2) is 7.19. The highest BCUT2D eigenvalue weighted by atomic mass is 16.5. The molecule has 0 unspecified atom stereocenters. The first-order valence-electron chi connectivity index (χ1n) is 7.26. The van der Waals surface area contributed by atoms with Gasteiger partial charge in [0.05, 0.1) is 11.6 Å². The minimum atomic E-state index is 0.446. The Bertz CT molecular complexity index is 552. The maximum absolute atomic E-state index is 5.60. The molecule has 0 aromatic carbocycles. The van der Waals surface area contributed by atoms with Gasteiger partial charge in [-0.3, -0.25) is 4.68 Å². The van der Waals surface area contributed by atoms with Gasteiger partial charge >= 0.3 is 0 Å². The molecule has 1 N–H and O–H groups in total. The smallest absolute Gasteiger partial charge is 0.163 e. The van der Waals surface area contributed by atoms with Crippen molar-refractivity contribution in [1.82, 2.24) is 19.7 Å². The third-order valence-electron chi connectivity index (χ3n) is 3.05. The Labute approximate surface area is 119 Å². The Morgan fingerprint density at radius 3 is 2.85 bits per heavy atom. The summed E-state index contributed by atoms with van der Waals surface area (Å²) in [7, 11) is 1.89. The van der Waals surface area contributed by atoms with Gasteiger partial charge in [0, 0.05) is 20.2 Å². The van der Waals surface area contributed by atoms with Crippen LogP contribution in [-0.4, -0.2) is 32.9 Å². The first-order chi connectivity index (χ1) is 9.76. The molecule has 6 heteroatoms. The lowest BCUT2D eigenvalue weighted by atomic mass is 10.3. The summed E-state index contributed by atoms with van der Waals surface area (Å²) >= 11 is 0. The number of fused-ring (bicyclic) bond motifs is 1. The zero-order valence-electron chi connectivity index (χ0n) is 12.5. The molecular weight excluding hydrogens is 254 g/mol. The molecule has 0 amide bonds. The van der Waals surface area contributed by atoms with Gasteiger partial charge in [-0.05, 0) is 12.8 Å². The van der Waals surface area contributed by atoms with Crippen molar-refractivity contribution in [2.24, 2.45) is 7.05 Å². The highest BCUT2D eigenvalue weighted by Gasteiger charge is 2.11. The molecule has 110 valence electrons. The number of hydrogen-bond donors (Lipinski definition) is 1. The van der Waals surface area contributed by atoms with E-state index >= 15 is 0 Å². The fourth-order valence-electron chi connectivity index (χ4n) is 1.92. The van der Waals surface area contributed by atoms with Crippen LogP contribution >= 0.6 is 0 Å². The maximum Gasteiger partial charge on any atom is 0.163 e. The van der Waals surface area contributed by atoms with Crippen LogP contribution < -0.4 is 5.32 Å². The van der Waals surface area contributed by atoms with E-state index in [1.807, 2.05) is 7.05 Å². The normalized spacial score (nSPS) is 11.2. The molecule has 0 saturated carbocycles. The molecule has 0 aliphatic heterocycles. The molecule has 0 spiro atoms. The van der Waals surface area contributed by atoms with Crippen LogP contribution in [0.5, 0.6) is 0 Å². The largest absolute Gasteiger partial charge is 0.373 e. The molecule has 0 fully saturated rings. The highest BCUT2D eigenvalue weighted by molar-refractivity contribution is 5.86. The number of aryl methyl sites for hydroxylation is 1. The molecule has 2 aromatic heterocycles. The number of aromatic nitrogens is 4. The van der Waals surface area contributed by atoms with Crippen LogP contribution in [0.3, 0.4) is 0 Å². The van der Waals surface area contributed by atoms with Gasteiger partial charge in [0.25, 0.3) is 0 Å². The SMILES string of the molecule is CCCCOCc1nc(NCCC)c2cnn(C)c2n1. The minimum absolute atomic E-state index is 0.446. The first-order valence-corrected chi connectivity index (χ1v) is 7.26. The van der Waals surface area contributed by atoms with Gasteiger partial charge in [-0.1, -0.05) is 20.3 Å². The van der Waals surface area contributed by atoms with Gasteiger partial charge in [-0.15, -0.1) is 0 Å². The van der Waals surface area contributed by atoms with Crippen molar-refractivity contribution in [3.05, 3.63) is 12.0 Å². The summed E-state index contributed by atoms with van der Waals surface area (Å²) in [6, 6.07) is 0. The van der Waals surface area contributed by atoms with E-state index in [2.05, 4.69) is 34.2 Å². The predicted octanol–water partition coefficient (Wildman–Crippen LogP) is 2.50. The van der Waals surface area contributed by atoms with Crippen LogP contribution in [0.1, 0.15) is 38.9 Å². The van der Waals surface area contributed by atoms with E-state index in [9.17, 15) is 0 Å². The number of ether oxygens (including phenoxy) is 1. The summed E-state index contributed by atoms with van der Waals surface area (Å²) in [5.41, 5.74) is 0.840. The van der Waals surface area contributed by atoms with Crippen molar-refractivity contribution in [3.63, 3.8) is 0 Å². The number of rotatable bonds is 8. The zero-order valence-corrected chi connectivity index (χ0v) is 12.5. The lowest BCUT2D eigenvalue weighted by molar-refractivity contribution is 0.113. The predicted molar refractivity (Wildman–Crippen MR) is 79.6 cm³/mol. The van der Waals surface area contributed by atoms with Crippen LogP contribution in [-0.2, 0) is 18.4 Å². The van der Waals surface area contributed by atoms with Crippen molar-refractivity contribution in [2.75, 3.05) is 18.5 Å². The molecule has 6 nitrogen and oxygen atoms in total. The Morgan fingerprint density at radius 2 is 2.10 bits per heavy atom. The molecule has 20 heavy (non-hydrogen) atoms. The van der Waals surface area contributed by atoms with Crippen molar-refractivity contribution < 1.29 is 4.74 Å². The second-order valence-electron chi connectivity index (χ2n) is 4.83. The van der Waals surface area contributed by atoms with Crippen LogP contribution in [0.15, 0.2) is 6.20 Å². The summed E-state index contributed by atoms with van der Waals surface area (Å²) < 4.78 is 7.37. The molecule has 0 aliphatic rings. The van der Waals surface area contributed by atoms with Crippen LogP contribution in [0.25, 0.3) is 11.0 Å². The van der Waals surface area contributed by atoms with Crippen molar-refractivity contribution in [2.45, 2.75) is 39.7 Å². The Balaban J connectivity index is 2.19. The summed E-state index contributed by atoms with van der Waals surface area (Å²) in [6.07, 6.45) is 5.04. The fraction of sp³-hybridized carbons (Fsp3) is 0.643. The van der Waals surface area contributed by atoms with Gasteiger partial charge in [0.15, 0.2) is 11.5 Å². The van der Waals surface area contributed by atoms with Crippen LogP contribution in [0.4, 0.5) is 5.82 Å². The minimum Gasteiger partial charge on any atom is -0.373 e. The third kappa shape index (κ3) is 3.45. The molecule has 2 aromatic rings. The van der Waals surface area contributed by atoms with Crippen molar-refractivity contribution in [1.29, 1.82) is 0 Å². The average Bonchev–Trinajstić information content (AvgIpc) is 2.83. The molecule has 0 radical (unpaired) electrons. The van der Waals surface area contributed by atoms with E-state index in [4.69, 9.17) is 4.74 Å². The average molecular weight is 277 g/mol. The fourth-order valence-corrected chi connectivity index (χ4v) is 1.92. The summed E-state index contributed by atoms with van der Waals surface area (Å²) in [5.74, 6) is 1.55. The Hall–Kier alpha value is -1.69. The van der Waals surface area contributed by atoms with Gasteiger partial charge in [-0.25, -0.2) is 9.97 Å². The summed E-state index contributed by atoms with van der Waals surface area (Å²) in [4.78, 5) is 9.07. The van der Waals surface area contributed by atoms with Gasteiger partial charge < -0.3 is 10.1 Å². The van der Waals surface area contributed by atoms with E-state index in [0.717, 1.165) is 49.3 Å². The third-order valence-corrected chi connectivity index (χ3v) is 3.05. The Morgan fingerprint density at radius 1 is 1.25 bits per heavy atom. The quantitative estimate of drug-likeness (QED) is 0.751. The highest BCUT2D eigenvalue weighted by Crippen LogP contribution is 2.19. The molecule has 0 aliphatic carbocycles. The first kappa shape index (κ1) is 14.7. The maximum atomic E-state index is 5.60. The Kier molecular flexibility index (Phi) is 5.29. The van der Waals surface area contributed by atoms with E-state index in [1.54, 1.807) is 10.9 Å². The molecular formula is C14H23N5O. The van der Waals surface area contributed by atoms with Crippen molar-refractivity contribution in [3.8, 4) is 0 Å². The number of nitrogens with zero attached hydrogens (tertiary/aromatic N) is 4. The number of unbranched alkanes of at least 4 members (excludes halogenated alkanes) is 1. The molecule has 0 saturated heterocycles. The van der Waals surface area contributed by atoms with Crippen LogP contribution in [0.2, 0.25) is 0 Å². The van der Waals surface area contributed by atoms with E-state index in [1.165, 1.54) is 0 Å². The summed E-state index contributed by atoms with van der Waals surface area (Å²) in [5, 5.41) is 8.54. The number of nitrogens with one attached hydrogen (secondary N) is 1. The monoisotopic (exact) mass is 277 g/mol. The van der Waals surface area contributed by atoms with E-state index < -0.39 is 0 Å². The molecule has 2 heterocycles. The molecule has 2 rings (SSSR count). The molecule has 0 atom stereocenters. The standard InChI is InChI=1S/C14H23N5O/c1-4-6-8-20-10-12-17-13(15-7-5-2)11-9-16-19(3)14(11)18-12/h9H,4-8,10H2,1-3H3,(H,15,17,18). The lowest BCUT2D eigenvalue weighted by Gasteiger charge is -2.08. The number of hydrogen-bond acceptors (Lipinski definition) is 5. The summed E-state index contributed by atoms with van der Waals surface area (Å²) in [6.45, 7) is 6.36. The van der Waals surface area contributed by atoms with Gasteiger partial charge in [0.1, 0.15) is 12.4 Å². The number of anilines is 1. The van der Waals surface area contributed by atoms with Crippen LogP contribution in [0, 0.1) is 0 Å². The topological polar surface area (TPSA) is 64.9 Å². The zero-order chi connectivity index (χ0) is 14.4. The van der Waals surface area contributed by atoms with Gasteiger partial charge in [0.2, 0.25) is 0 Å². The second-order valence-corrected chi connectivity index (χ2v) is 4.83.